The summed E-state index contributed by atoms with van der Waals surface area (Å²) in [5.74, 6) is -0.431. The number of methoxy groups -OCH3 is 1. The van der Waals surface area contributed by atoms with E-state index in [1.807, 2.05) is 30.3 Å². The van der Waals surface area contributed by atoms with Crippen LogP contribution in [0.5, 0.6) is 0 Å². The number of piperidine rings is 1. The highest BCUT2D eigenvalue weighted by atomic mass is 16.6. The van der Waals surface area contributed by atoms with E-state index in [1.54, 1.807) is 20.8 Å². The summed E-state index contributed by atoms with van der Waals surface area (Å²) < 4.78 is 10.3. The zero-order chi connectivity index (χ0) is 19.2. The summed E-state index contributed by atoms with van der Waals surface area (Å²) >= 11 is 0. The van der Waals surface area contributed by atoms with Crippen LogP contribution in [0.2, 0.25) is 0 Å². The molecule has 1 aromatic carbocycles. The molecule has 1 aliphatic heterocycles. The molecule has 7 nitrogen and oxygen atoms in total. The monoisotopic (exact) mass is 364 g/mol. The second-order valence-electron chi connectivity index (χ2n) is 7.34. The van der Waals surface area contributed by atoms with Crippen molar-refractivity contribution < 1.29 is 23.9 Å². The van der Waals surface area contributed by atoms with E-state index in [0.717, 1.165) is 5.56 Å². The highest BCUT2D eigenvalue weighted by molar-refractivity contribution is 5.81. The minimum absolute atomic E-state index is 0.0906. The minimum Gasteiger partial charge on any atom is -0.467 e. The third kappa shape index (κ3) is 6.00. The average molecular weight is 364 g/mol. The molecule has 0 spiro atoms. The van der Waals surface area contributed by atoms with Gasteiger partial charge in [-0.05, 0) is 39.2 Å². The van der Waals surface area contributed by atoms with Crippen LogP contribution in [0.25, 0.3) is 0 Å². The van der Waals surface area contributed by atoms with E-state index in [0.29, 0.717) is 26.0 Å². The van der Waals surface area contributed by atoms with Gasteiger partial charge in [-0.15, -0.1) is 0 Å². The van der Waals surface area contributed by atoms with Gasteiger partial charge in [0.25, 0.3) is 0 Å². The molecule has 1 N–H and O–H groups in total. The van der Waals surface area contributed by atoms with Gasteiger partial charge in [0, 0.05) is 6.54 Å². The van der Waals surface area contributed by atoms with Gasteiger partial charge in [0.2, 0.25) is 0 Å². The molecule has 1 fully saturated rings. The van der Waals surface area contributed by atoms with E-state index in [4.69, 9.17) is 14.3 Å². The number of esters is 1. The van der Waals surface area contributed by atoms with Crippen molar-refractivity contribution >= 4 is 12.1 Å². The average Bonchev–Trinajstić information content (AvgIpc) is 2.60. The number of nitrogens with zero attached hydrogens (tertiary/aromatic N) is 1. The van der Waals surface area contributed by atoms with Crippen molar-refractivity contribution in [3.8, 4) is 0 Å². The van der Waals surface area contributed by atoms with Crippen molar-refractivity contribution in [2.45, 2.75) is 57.9 Å². The molecule has 2 atom stereocenters. The van der Waals surface area contributed by atoms with Crippen molar-refractivity contribution in [3.63, 3.8) is 0 Å². The minimum atomic E-state index is -0.637. The zero-order valence-electron chi connectivity index (χ0n) is 15.9. The van der Waals surface area contributed by atoms with Crippen LogP contribution in [-0.2, 0) is 25.7 Å². The van der Waals surface area contributed by atoms with Gasteiger partial charge in [0.15, 0.2) is 0 Å². The number of carbonyl (C=O) groups is 2. The standard InChI is InChI=1S/C19H28N2O5/c1-19(2,3)26-18(23)21-12-15(10-11-16(21)17(22)24-4)20-25-13-14-8-6-5-7-9-14/h5-9,15-16,20H,10-13H2,1-4H3/t15-,16+/m1/s1. The first-order chi connectivity index (χ1) is 12.3. The maximum absolute atomic E-state index is 12.5. The predicted molar refractivity (Wildman–Crippen MR) is 96.1 cm³/mol. The van der Waals surface area contributed by atoms with E-state index in [9.17, 15) is 9.59 Å². The van der Waals surface area contributed by atoms with Crippen LogP contribution >= 0.6 is 0 Å². The summed E-state index contributed by atoms with van der Waals surface area (Å²) in [6, 6.07) is 9.07. The van der Waals surface area contributed by atoms with Crippen LogP contribution in [0, 0.1) is 0 Å². The molecule has 0 aliphatic carbocycles. The number of likely N-dealkylation sites (tertiary alicyclic amines) is 1. The maximum atomic E-state index is 12.5. The molecule has 144 valence electrons. The van der Waals surface area contributed by atoms with Crippen molar-refractivity contribution in [2.24, 2.45) is 0 Å². The molecule has 2 rings (SSSR count). The van der Waals surface area contributed by atoms with Crippen molar-refractivity contribution in [1.82, 2.24) is 10.4 Å². The molecule has 1 aromatic rings. The van der Waals surface area contributed by atoms with Gasteiger partial charge in [0.05, 0.1) is 19.8 Å². The fraction of sp³-hybridized carbons (Fsp3) is 0.579. The van der Waals surface area contributed by atoms with Gasteiger partial charge >= 0.3 is 12.1 Å². The first-order valence-electron chi connectivity index (χ1n) is 8.79. The molecule has 7 heteroatoms. The number of nitrogens with one attached hydrogen (secondary N) is 1. The Labute approximate surface area is 154 Å². The summed E-state index contributed by atoms with van der Waals surface area (Å²) in [6.45, 7) is 6.11. The summed E-state index contributed by atoms with van der Waals surface area (Å²) in [7, 11) is 1.32. The van der Waals surface area contributed by atoms with Crippen molar-refractivity contribution in [2.75, 3.05) is 13.7 Å². The zero-order valence-corrected chi connectivity index (χ0v) is 15.9. The topological polar surface area (TPSA) is 77.1 Å². The summed E-state index contributed by atoms with van der Waals surface area (Å²) in [6.07, 6.45) is 0.647. The highest BCUT2D eigenvalue weighted by Crippen LogP contribution is 2.22. The maximum Gasteiger partial charge on any atom is 0.411 e. The Morgan fingerprint density at radius 1 is 1.19 bits per heavy atom. The van der Waals surface area contributed by atoms with Crippen LogP contribution in [0.15, 0.2) is 30.3 Å². The summed E-state index contributed by atoms with van der Waals surface area (Å²) in [4.78, 5) is 31.5. The molecular formula is C19H28N2O5. The number of rotatable bonds is 5. The Hall–Kier alpha value is -2.12. The summed E-state index contributed by atoms with van der Waals surface area (Å²) in [5.41, 5.74) is 3.41. The smallest absolute Gasteiger partial charge is 0.411 e. The molecule has 0 saturated carbocycles. The number of hydrogen-bond acceptors (Lipinski definition) is 6. The largest absolute Gasteiger partial charge is 0.467 e. The molecule has 1 heterocycles. The van der Waals surface area contributed by atoms with Gasteiger partial charge in [-0.25, -0.2) is 9.59 Å². The second-order valence-corrected chi connectivity index (χ2v) is 7.34. The Morgan fingerprint density at radius 3 is 2.50 bits per heavy atom. The number of amides is 1. The van der Waals surface area contributed by atoms with Crippen LogP contribution in [0.4, 0.5) is 4.79 Å². The van der Waals surface area contributed by atoms with Crippen LogP contribution < -0.4 is 5.48 Å². The number of carbonyl (C=O) groups excluding carboxylic acids is 2. The van der Waals surface area contributed by atoms with E-state index in [1.165, 1.54) is 12.0 Å². The summed E-state index contributed by atoms with van der Waals surface area (Å²) in [5, 5.41) is 0. The van der Waals surface area contributed by atoms with Crippen molar-refractivity contribution in [1.29, 1.82) is 0 Å². The SMILES string of the molecule is COC(=O)[C@@H]1CC[C@@H](NOCc2ccccc2)CN1C(=O)OC(C)(C)C. The van der Waals surface area contributed by atoms with Gasteiger partial charge in [-0.2, -0.15) is 5.48 Å². The van der Waals surface area contributed by atoms with Crippen molar-refractivity contribution in [3.05, 3.63) is 35.9 Å². The number of benzene rings is 1. The van der Waals surface area contributed by atoms with E-state index in [-0.39, 0.29) is 6.04 Å². The molecule has 0 bridgehead atoms. The number of ether oxygens (including phenoxy) is 2. The quantitative estimate of drug-likeness (QED) is 0.639. The van der Waals surface area contributed by atoms with E-state index in [2.05, 4.69) is 5.48 Å². The van der Waals surface area contributed by atoms with Gasteiger partial charge < -0.3 is 9.47 Å². The number of hydroxylamine groups is 1. The Balaban J connectivity index is 1.94. The van der Waals surface area contributed by atoms with Crippen LogP contribution in [0.3, 0.4) is 0 Å². The lowest BCUT2D eigenvalue weighted by molar-refractivity contribution is -0.149. The first kappa shape index (κ1) is 20.2. The molecule has 0 aromatic heterocycles. The van der Waals surface area contributed by atoms with Crippen LogP contribution in [0.1, 0.15) is 39.2 Å². The molecule has 26 heavy (non-hydrogen) atoms. The lowest BCUT2D eigenvalue weighted by atomic mass is 9.99. The second kappa shape index (κ2) is 9.00. The molecule has 1 amide bonds. The van der Waals surface area contributed by atoms with Gasteiger partial charge in [0.1, 0.15) is 11.6 Å². The number of hydrogen-bond donors (Lipinski definition) is 1. The Kier molecular flexibility index (Phi) is 6.99. The fourth-order valence-electron chi connectivity index (χ4n) is 2.79. The van der Waals surface area contributed by atoms with Crippen LogP contribution in [-0.4, -0.2) is 48.3 Å². The molecule has 0 radical (unpaired) electrons. The Bertz CT molecular complexity index is 600. The molecule has 0 unspecified atom stereocenters. The normalized spacial score (nSPS) is 20.5. The lowest BCUT2D eigenvalue weighted by Crippen LogP contribution is -2.56. The third-order valence-electron chi connectivity index (χ3n) is 4.01. The van der Waals surface area contributed by atoms with Gasteiger partial charge in [-0.1, -0.05) is 30.3 Å². The first-order valence-corrected chi connectivity index (χ1v) is 8.79. The van der Waals surface area contributed by atoms with Gasteiger partial charge in [-0.3, -0.25) is 9.74 Å². The highest BCUT2D eigenvalue weighted by Gasteiger charge is 2.38. The molecule has 1 saturated heterocycles. The molecule has 1 aliphatic rings. The third-order valence-corrected chi connectivity index (χ3v) is 4.01. The van der Waals surface area contributed by atoms with E-state index < -0.39 is 23.7 Å². The Morgan fingerprint density at radius 2 is 1.88 bits per heavy atom. The lowest BCUT2D eigenvalue weighted by Gasteiger charge is -2.38. The predicted octanol–water partition coefficient (Wildman–Crippen LogP) is 2.65. The van der Waals surface area contributed by atoms with E-state index >= 15 is 0 Å². The fourth-order valence-corrected chi connectivity index (χ4v) is 2.79. The molecular weight excluding hydrogens is 336 g/mol.